The third kappa shape index (κ3) is 3.71. The van der Waals surface area contributed by atoms with Crippen LogP contribution in [0, 0.1) is 5.92 Å². The van der Waals surface area contributed by atoms with E-state index in [0.29, 0.717) is 12.6 Å². The van der Waals surface area contributed by atoms with Gasteiger partial charge in [-0.25, -0.2) is 0 Å². The van der Waals surface area contributed by atoms with Crippen LogP contribution in [0.25, 0.3) is 0 Å². The van der Waals surface area contributed by atoms with Gasteiger partial charge in [-0.3, -0.25) is 4.90 Å². The highest BCUT2D eigenvalue weighted by Crippen LogP contribution is 2.26. The van der Waals surface area contributed by atoms with Crippen molar-refractivity contribution >= 4 is 0 Å². The number of benzene rings is 1. The molecule has 0 saturated carbocycles. The van der Waals surface area contributed by atoms with Crippen molar-refractivity contribution in [1.82, 2.24) is 4.90 Å². The van der Waals surface area contributed by atoms with Gasteiger partial charge in [0.15, 0.2) is 0 Å². The largest absolute Gasteiger partial charge is 0.497 e. The summed E-state index contributed by atoms with van der Waals surface area (Å²) in [4.78, 5) is 2.55. The first-order valence-electron chi connectivity index (χ1n) is 7.32. The fraction of sp³-hybridized carbons (Fsp3) is 0.625. The van der Waals surface area contributed by atoms with E-state index in [9.17, 15) is 0 Å². The normalized spacial score (nSPS) is 22.8. The minimum atomic E-state index is 0.344. The monoisotopic (exact) mass is 262 g/mol. The van der Waals surface area contributed by atoms with Crippen molar-refractivity contribution in [3.05, 3.63) is 29.8 Å². The van der Waals surface area contributed by atoms with Gasteiger partial charge in [-0.05, 0) is 56.0 Å². The third-order valence-electron chi connectivity index (χ3n) is 4.22. The smallest absolute Gasteiger partial charge is 0.118 e. The van der Waals surface area contributed by atoms with Crippen LogP contribution in [0.3, 0.4) is 0 Å². The number of likely N-dealkylation sites (tertiary alicyclic amines) is 1. The molecule has 0 aliphatic carbocycles. The van der Waals surface area contributed by atoms with E-state index in [4.69, 9.17) is 10.5 Å². The number of methoxy groups -OCH3 is 1. The number of nitrogens with two attached hydrogens (primary N) is 1. The quantitative estimate of drug-likeness (QED) is 0.907. The Bertz CT molecular complexity index is 377. The number of rotatable bonds is 4. The van der Waals surface area contributed by atoms with Crippen LogP contribution in [0.1, 0.15) is 37.8 Å². The van der Waals surface area contributed by atoms with E-state index in [0.717, 1.165) is 24.8 Å². The first kappa shape index (κ1) is 14.4. The van der Waals surface area contributed by atoms with Crippen LogP contribution in [0.4, 0.5) is 0 Å². The Labute approximate surface area is 116 Å². The van der Waals surface area contributed by atoms with Crippen molar-refractivity contribution in [3.63, 3.8) is 0 Å². The number of ether oxygens (including phenoxy) is 1. The zero-order valence-corrected chi connectivity index (χ0v) is 12.1. The summed E-state index contributed by atoms with van der Waals surface area (Å²) in [5.41, 5.74) is 7.32. The predicted molar refractivity (Wildman–Crippen MR) is 79.4 cm³/mol. The molecule has 0 bridgehead atoms. The van der Waals surface area contributed by atoms with Gasteiger partial charge in [0.25, 0.3) is 0 Å². The standard InChI is InChI=1S/C16H26N2O/c1-13-4-3-10-18(11-9-13)16(12-17)14-5-7-15(19-2)8-6-14/h5-8,13,16H,3-4,9-12,17H2,1-2H3. The maximum Gasteiger partial charge on any atom is 0.118 e. The maximum atomic E-state index is 6.02. The van der Waals surface area contributed by atoms with Crippen LogP contribution in [0.2, 0.25) is 0 Å². The molecule has 2 N–H and O–H groups in total. The summed E-state index contributed by atoms with van der Waals surface area (Å²) in [7, 11) is 1.70. The van der Waals surface area contributed by atoms with E-state index >= 15 is 0 Å². The van der Waals surface area contributed by atoms with Crippen LogP contribution in [0.5, 0.6) is 5.75 Å². The number of nitrogens with zero attached hydrogens (tertiary/aromatic N) is 1. The molecule has 106 valence electrons. The van der Waals surface area contributed by atoms with Gasteiger partial charge in [0.1, 0.15) is 5.75 Å². The summed E-state index contributed by atoms with van der Waals surface area (Å²) in [6, 6.07) is 8.68. The summed E-state index contributed by atoms with van der Waals surface area (Å²) >= 11 is 0. The van der Waals surface area contributed by atoms with Gasteiger partial charge in [0, 0.05) is 12.6 Å². The Morgan fingerprint density at radius 1 is 1.26 bits per heavy atom. The summed E-state index contributed by atoms with van der Waals surface area (Å²) in [5, 5.41) is 0. The molecule has 1 heterocycles. The topological polar surface area (TPSA) is 38.5 Å². The van der Waals surface area contributed by atoms with Gasteiger partial charge in [-0.2, -0.15) is 0 Å². The van der Waals surface area contributed by atoms with Crippen molar-refractivity contribution in [1.29, 1.82) is 0 Å². The van der Waals surface area contributed by atoms with Crippen LogP contribution in [-0.2, 0) is 0 Å². The third-order valence-corrected chi connectivity index (χ3v) is 4.22. The zero-order chi connectivity index (χ0) is 13.7. The van der Waals surface area contributed by atoms with Gasteiger partial charge < -0.3 is 10.5 Å². The highest BCUT2D eigenvalue weighted by molar-refractivity contribution is 5.29. The average molecular weight is 262 g/mol. The van der Waals surface area contributed by atoms with Gasteiger partial charge in [-0.15, -0.1) is 0 Å². The molecule has 0 amide bonds. The lowest BCUT2D eigenvalue weighted by molar-refractivity contribution is 0.207. The second-order valence-corrected chi connectivity index (χ2v) is 5.60. The highest BCUT2D eigenvalue weighted by Gasteiger charge is 2.21. The Kier molecular flexibility index (Phi) is 5.23. The molecule has 3 heteroatoms. The Hall–Kier alpha value is -1.06. The molecule has 1 aliphatic rings. The number of hydrogen-bond donors (Lipinski definition) is 1. The van der Waals surface area contributed by atoms with Crippen molar-refractivity contribution in [2.24, 2.45) is 11.7 Å². The van der Waals surface area contributed by atoms with Gasteiger partial charge >= 0.3 is 0 Å². The molecule has 1 fully saturated rings. The summed E-state index contributed by atoms with van der Waals surface area (Å²) < 4.78 is 5.22. The molecular weight excluding hydrogens is 236 g/mol. The molecule has 0 radical (unpaired) electrons. The molecular formula is C16H26N2O. The Morgan fingerprint density at radius 3 is 2.63 bits per heavy atom. The Balaban J connectivity index is 2.09. The first-order chi connectivity index (χ1) is 9.24. The van der Waals surface area contributed by atoms with E-state index in [1.165, 1.54) is 24.8 Å². The van der Waals surface area contributed by atoms with Gasteiger partial charge in [0.2, 0.25) is 0 Å². The molecule has 0 aromatic heterocycles. The van der Waals surface area contributed by atoms with E-state index in [1.807, 2.05) is 12.1 Å². The van der Waals surface area contributed by atoms with E-state index < -0.39 is 0 Å². The van der Waals surface area contributed by atoms with Crippen molar-refractivity contribution in [2.75, 3.05) is 26.7 Å². The molecule has 3 nitrogen and oxygen atoms in total. The van der Waals surface area contributed by atoms with Gasteiger partial charge in [-0.1, -0.05) is 19.1 Å². The Morgan fingerprint density at radius 2 is 2.00 bits per heavy atom. The second-order valence-electron chi connectivity index (χ2n) is 5.60. The lowest BCUT2D eigenvalue weighted by atomic mass is 10.0. The molecule has 2 rings (SSSR count). The number of hydrogen-bond acceptors (Lipinski definition) is 3. The summed E-state index contributed by atoms with van der Waals surface area (Å²) in [5.74, 6) is 1.75. The maximum absolute atomic E-state index is 6.02. The van der Waals surface area contributed by atoms with Crippen LogP contribution < -0.4 is 10.5 Å². The molecule has 0 spiro atoms. The minimum absolute atomic E-state index is 0.344. The van der Waals surface area contributed by atoms with E-state index in [-0.39, 0.29) is 0 Å². The molecule has 1 saturated heterocycles. The molecule has 2 unspecified atom stereocenters. The van der Waals surface area contributed by atoms with Crippen molar-refractivity contribution in [3.8, 4) is 5.75 Å². The molecule has 2 atom stereocenters. The van der Waals surface area contributed by atoms with E-state index in [1.54, 1.807) is 7.11 Å². The average Bonchev–Trinajstić information content (AvgIpc) is 2.66. The summed E-state index contributed by atoms with van der Waals surface area (Å²) in [6.45, 7) is 5.36. The first-order valence-corrected chi connectivity index (χ1v) is 7.32. The minimum Gasteiger partial charge on any atom is -0.497 e. The molecule has 1 aliphatic heterocycles. The van der Waals surface area contributed by atoms with E-state index in [2.05, 4.69) is 24.0 Å². The fourth-order valence-electron chi connectivity index (χ4n) is 2.92. The fourth-order valence-corrected chi connectivity index (χ4v) is 2.92. The van der Waals surface area contributed by atoms with Crippen LogP contribution >= 0.6 is 0 Å². The highest BCUT2D eigenvalue weighted by atomic mass is 16.5. The summed E-state index contributed by atoms with van der Waals surface area (Å²) in [6.07, 6.45) is 3.91. The van der Waals surface area contributed by atoms with Gasteiger partial charge in [0.05, 0.1) is 7.11 Å². The van der Waals surface area contributed by atoms with Crippen LogP contribution in [0.15, 0.2) is 24.3 Å². The second kappa shape index (κ2) is 6.92. The lowest BCUT2D eigenvalue weighted by Gasteiger charge is -2.30. The molecule has 1 aromatic rings. The van der Waals surface area contributed by atoms with Crippen molar-refractivity contribution < 1.29 is 4.74 Å². The van der Waals surface area contributed by atoms with Crippen molar-refractivity contribution in [2.45, 2.75) is 32.2 Å². The zero-order valence-electron chi connectivity index (χ0n) is 12.1. The molecule has 19 heavy (non-hydrogen) atoms. The van der Waals surface area contributed by atoms with Crippen LogP contribution in [-0.4, -0.2) is 31.6 Å². The molecule has 1 aromatic carbocycles. The lowest BCUT2D eigenvalue weighted by Crippen LogP contribution is -2.34. The SMILES string of the molecule is COc1ccc(C(CN)N2CCCC(C)CC2)cc1. The predicted octanol–water partition coefficient (Wildman–Crippen LogP) is 2.82.